The smallest absolute Gasteiger partial charge is 0.245 e. The van der Waals surface area contributed by atoms with Crippen molar-refractivity contribution >= 4 is 21.8 Å². The number of sulfonamides is 1. The molecule has 0 N–H and O–H groups in total. The molecular formula is C16H29N3O4S. The van der Waals surface area contributed by atoms with Crippen LogP contribution in [0.1, 0.15) is 39.5 Å². The molecule has 1 atom stereocenters. The van der Waals surface area contributed by atoms with Gasteiger partial charge in [0.15, 0.2) is 0 Å². The molecule has 2 aliphatic rings. The number of likely N-dealkylation sites (N-methyl/N-ethyl adjacent to an activating group) is 1. The lowest BCUT2D eigenvalue weighted by Crippen LogP contribution is -2.50. The van der Waals surface area contributed by atoms with Gasteiger partial charge < -0.3 is 9.80 Å². The van der Waals surface area contributed by atoms with E-state index in [0.717, 1.165) is 12.8 Å². The molecule has 2 heterocycles. The van der Waals surface area contributed by atoms with Crippen molar-refractivity contribution in [2.75, 3.05) is 39.0 Å². The molecule has 0 aromatic rings. The average Bonchev–Trinajstić information content (AvgIpc) is 3.04. The Labute approximate surface area is 145 Å². The maximum Gasteiger partial charge on any atom is 0.245 e. The van der Waals surface area contributed by atoms with Gasteiger partial charge in [0.25, 0.3) is 0 Å². The Kier molecular flexibility index (Phi) is 6.25. The van der Waals surface area contributed by atoms with E-state index in [2.05, 4.69) is 0 Å². The molecule has 138 valence electrons. The van der Waals surface area contributed by atoms with Gasteiger partial charge >= 0.3 is 0 Å². The molecule has 0 spiro atoms. The monoisotopic (exact) mass is 359 g/mol. The zero-order valence-corrected chi connectivity index (χ0v) is 15.7. The van der Waals surface area contributed by atoms with Gasteiger partial charge in [-0.15, -0.1) is 0 Å². The first kappa shape index (κ1) is 19.2. The van der Waals surface area contributed by atoms with Gasteiger partial charge in [-0.2, -0.15) is 0 Å². The highest BCUT2D eigenvalue weighted by molar-refractivity contribution is 7.88. The van der Waals surface area contributed by atoms with E-state index in [1.165, 1.54) is 10.6 Å². The lowest BCUT2D eigenvalue weighted by Gasteiger charge is -2.34. The third kappa shape index (κ3) is 4.08. The number of carbonyl (C=O) groups is 2. The highest BCUT2D eigenvalue weighted by Crippen LogP contribution is 2.27. The van der Waals surface area contributed by atoms with Gasteiger partial charge in [-0.05, 0) is 39.5 Å². The number of hydrogen-bond acceptors (Lipinski definition) is 4. The first-order valence-electron chi connectivity index (χ1n) is 8.84. The summed E-state index contributed by atoms with van der Waals surface area (Å²) >= 11 is 0. The van der Waals surface area contributed by atoms with Gasteiger partial charge in [-0.3, -0.25) is 9.59 Å². The fourth-order valence-corrected chi connectivity index (χ4v) is 4.58. The van der Waals surface area contributed by atoms with E-state index in [0.29, 0.717) is 45.6 Å². The predicted molar refractivity (Wildman–Crippen MR) is 91.8 cm³/mol. The summed E-state index contributed by atoms with van der Waals surface area (Å²) in [6.07, 6.45) is 3.85. The van der Waals surface area contributed by atoms with E-state index >= 15 is 0 Å². The minimum Gasteiger partial charge on any atom is -0.341 e. The molecule has 2 amide bonds. The molecule has 8 heteroatoms. The van der Waals surface area contributed by atoms with Crippen molar-refractivity contribution in [2.24, 2.45) is 5.92 Å². The van der Waals surface area contributed by atoms with E-state index in [1.54, 1.807) is 9.80 Å². The molecule has 1 unspecified atom stereocenters. The molecule has 2 fully saturated rings. The minimum absolute atomic E-state index is 0.0196. The van der Waals surface area contributed by atoms with E-state index in [4.69, 9.17) is 0 Å². The van der Waals surface area contributed by atoms with Gasteiger partial charge in [-0.25, -0.2) is 12.7 Å². The highest BCUT2D eigenvalue weighted by Gasteiger charge is 2.39. The number of carbonyl (C=O) groups excluding carboxylic acids is 2. The standard InChI is InChI=1S/C16H29N3O4S/c1-4-17(5-2)16(21)14-7-6-10-19(14)15(20)13-8-11-18(12-9-13)24(3,22)23/h13-14H,4-12H2,1-3H3. The van der Waals surface area contributed by atoms with Crippen molar-refractivity contribution in [3.8, 4) is 0 Å². The number of amides is 2. The molecule has 24 heavy (non-hydrogen) atoms. The van der Waals surface area contributed by atoms with E-state index in [9.17, 15) is 18.0 Å². The Morgan fingerprint density at radius 2 is 1.62 bits per heavy atom. The van der Waals surface area contributed by atoms with Crippen LogP contribution in [0.2, 0.25) is 0 Å². The van der Waals surface area contributed by atoms with Crippen molar-refractivity contribution in [1.29, 1.82) is 0 Å². The summed E-state index contributed by atoms with van der Waals surface area (Å²) in [4.78, 5) is 29.0. The maximum atomic E-state index is 12.9. The molecule has 2 aliphatic heterocycles. The molecule has 2 rings (SSSR count). The van der Waals surface area contributed by atoms with Crippen LogP contribution in [0.4, 0.5) is 0 Å². The molecular weight excluding hydrogens is 330 g/mol. The number of hydrogen-bond donors (Lipinski definition) is 0. The summed E-state index contributed by atoms with van der Waals surface area (Å²) in [7, 11) is -3.19. The van der Waals surface area contributed by atoms with Gasteiger partial charge in [0, 0.05) is 38.6 Å². The summed E-state index contributed by atoms with van der Waals surface area (Å²) in [5, 5.41) is 0. The molecule has 2 saturated heterocycles. The van der Waals surface area contributed by atoms with Crippen molar-refractivity contribution < 1.29 is 18.0 Å². The Morgan fingerprint density at radius 3 is 2.12 bits per heavy atom. The van der Waals surface area contributed by atoms with Crippen LogP contribution in [0.25, 0.3) is 0 Å². The molecule has 0 aromatic carbocycles. The number of rotatable bonds is 5. The molecule has 0 aromatic heterocycles. The van der Waals surface area contributed by atoms with E-state index < -0.39 is 10.0 Å². The lowest BCUT2D eigenvalue weighted by atomic mass is 9.96. The molecule has 0 radical (unpaired) electrons. The van der Waals surface area contributed by atoms with Crippen LogP contribution in [0.15, 0.2) is 0 Å². The van der Waals surface area contributed by atoms with Crippen molar-refractivity contribution in [3.05, 3.63) is 0 Å². The number of nitrogens with zero attached hydrogens (tertiary/aromatic N) is 3. The normalized spacial score (nSPS) is 23.5. The summed E-state index contributed by atoms with van der Waals surface area (Å²) < 4.78 is 24.6. The summed E-state index contributed by atoms with van der Waals surface area (Å²) in [6, 6.07) is -0.342. The summed E-state index contributed by atoms with van der Waals surface area (Å²) in [6.45, 7) is 6.60. The van der Waals surface area contributed by atoms with Crippen LogP contribution in [0.5, 0.6) is 0 Å². The van der Waals surface area contributed by atoms with Gasteiger partial charge in [0.1, 0.15) is 6.04 Å². The van der Waals surface area contributed by atoms with Crippen molar-refractivity contribution in [3.63, 3.8) is 0 Å². The molecule has 0 saturated carbocycles. The Morgan fingerprint density at radius 1 is 1.04 bits per heavy atom. The minimum atomic E-state index is -3.19. The zero-order valence-electron chi connectivity index (χ0n) is 14.9. The van der Waals surface area contributed by atoms with Crippen LogP contribution < -0.4 is 0 Å². The molecule has 0 bridgehead atoms. The molecule has 0 aliphatic carbocycles. The molecule has 7 nitrogen and oxygen atoms in total. The summed E-state index contributed by atoms with van der Waals surface area (Å²) in [5.41, 5.74) is 0. The van der Waals surface area contributed by atoms with Crippen LogP contribution >= 0.6 is 0 Å². The SMILES string of the molecule is CCN(CC)C(=O)C1CCCN1C(=O)C1CCN(S(C)(=O)=O)CC1. The first-order valence-corrected chi connectivity index (χ1v) is 10.7. The van der Waals surface area contributed by atoms with Gasteiger partial charge in [0.2, 0.25) is 21.8 Å². The lowest BCUT2D eigenvalue weighted by molar-refractivity contribution is -0.146. The maximum absolute atomic E-state index is 12.9. The second kappa shape index (κ2) is 7.82. The highest BCUT2D eigenvalue weighted by atomic mass is 32.2. The van der Waals surface area contributed by atoms with Crippen molar-refractivity contribution in [2.45, 2.75) is 45.6 Å². The van der Waals surface area contributed by atoms with Crippen LogP contribution in [0.3, 0.4) is 0 Å². The van der Waals surface area contributed by atoms with Gasteiger partial charge in [-0.1, -0.05) is 0 Å². The third-order valence-electron chi connectivity index (χ3n) is 5.17. The number of likely N-dealkylation sites (tertiary alicyclic amines) is 1. The quantitative estimate of drug-likeness (QED) is 0.717. The fourth-order valence-electron chi connectivity index (χ4n) is 3.70. The van der Waals surface area contributed by atoms with Crippen LogP contribution in [0, 0.1) is 5.92 Å². The number of piperidine rings is 1. The fraction of sp³-hybridized carbons (Fsp3) is 0.875. The van der Waals surface area contributed by atoms with Crippen LogP contribution in [-0.2, 0) is 19.6 Å². The third-order valence-corrected chi connectivity index (χ3v) is 6.47. The Balaban J connectivity index is 2.00. The largest absolute Gasteiger partial charge is 0.341 e. The average molecular weight is 359 g/mol. The predicted octanol–water partition coefficient (Wildman–Crippen LogP) is 0.517. The Bertz CT molecular complexity index is 566. The first-order chi connectivity index (χ1) is 11.3. The van der Waals surface area contributed by atoms with Crippen LogP contribution in [-0.4, -0.2) is 79.4 Å². The second-order valence-corrected chi connectivity index (χ2v) is 8.62. The second-order valence-electron chi connectivity index (χ2n) is 6.64. The van der Waals surface area contributed by atoms with E-state index in [1.807, 2.05) is 13.8 Å². The summed E-state index contributed by atoms with van der Waals surface area (Å²) in [5.74, 6) is -0.112. The van der Waals surface area contributed by atoms with E-state index in [-0.39, 0.29) is 23.8 Å². The Hall–Kier alpha value is -1.15. The zero-order chi connectivity index (χ0) is 17.9. The van der Waals surface area contributed by atoms with Crippen molar-refractivity contribution in [1.82, 2.24) is 14.1 Å². The topological polar surface area (TPSA) is 78.0 Å². The van der Waals surface area contributed by atoms with Gasteiger partial charge in [0.05, 0.1) is 6.26 Å².